The highest BCUT2D eigenvalue weighted by Crippen LogP contribution is 2.22. The van der Waals surface area contributed by atoms with E-state index >= 15 is 0 Å². The lowest BCUT2D eigenvalue weighted by Gasteiger charge is -2.31. The summed E-state index contributed by atoms with van der Waals surface area (Å²) >= 11 is 1.55. The first-order chi connectivity index (χ1) is 12.6. The van der Waals surface area contributed by atoms with Crippen LogP contribution in [0.1, 0.15) is 35.8 Å². The number of nitrogens with zero attached hydrogens (tertiary/aromatic N) is 2. The number of rotatable bonds is 7. The van der Waals surface area contributed by atoms with E-state index in [2.05, 4.69) is 46.4 Å². The third-order valence-electron chi connectivity index (χ3n) is 4.56. The Morgan fingerprint density at radius 2 is 2.19 bits per heavy atom. The van der Waals surface area contributed by atoms with Gasteiger partial charge in [0.05, 0.1) is 12.6 Å². The van der Waals surface area contributed by atoms with Crippen molar-refractivity contribution in [3.63, 3.8) is 0 Å². The van der Waals surface area contributed by atoms with Gasteiger partial charge < -0.3 is 10.1 Å². The van der Waals surface area contributed by atoms with Crippen molar-refractivity contribution in [3.8, 4) is 0 Å². The van der Waals surface area contributed by atoms with E-state index < -0.39 is 0 Å². The number of amides is 1. The van der Waals surface area contributed by atoms with Crippen LogP contribution in [-0.4, -0.2) is 48.1 Å². The zero-order chi connectivity index (χ0) is 18.4. The molecule has 26 heavy (non-hydrogen) atoms. The summed E-state index contributed by atoms with van der Waals surface area (Å²) < 4.78 is 5.66. The number of ether oxygens (including phenoxy) is 1. The summed E-state index contributed by atoms with van der Waals surface area (Å²) in [6.45, 7) is 7.13. The van der Waals surface area contributed by atoms with E-state index in [0.717, 1.165) is 43.8 Å². The number of anilines is 1. The molecule has 0 aliphatic carbocycles. The average molecular weight is 374 g/mol. The number of hydrogen-bond donors (Lipinski definition) is 1. The van der Waals surface area contributed by atoms with E-state index in [9.17, 15) is 4.79 Å². The maximum Gasteiger partial charge on any atom is 0.240 e. The highest BCUT2D eigenvalue weighted by molar-refractivity contribution is 7.15. The van der Waals surface area contributed by atoms with Gasteiger partial charge in [-0.3, -0.25) is 9.69 Å². The second-order valence-electron chi connectivity index (χ2n) is 6.78. The van der Waals surface area contributed by atoms with Crippen molar-refractivity contribution in [2.45, 2.75) is 39.2 Å². The molecule has 0 unspecified atom stereocenters. The molecule has 1 N–H and O–H groups in total. The summed E-state index contributed by atoms with van der Waals surface area (Å²) in [6.07, 6.45) is 5.05. The van der Waals surface area contributed by atoms with E-state index in [1.165, 1.54) is 11.1 Å². The van der Waals surface area contributed by atoms with Crippen molar-refractivity contribution in [1.82, 2.24) is 9.88 Å². The Balaban J connectivity index is 1.46. The van der Waals surface area contributed by atoms with Crippen molar-refractivity contribution in [3.05, 3.63) is 46.5 Å². The summed E-state index contributed by atoms with van der Waals surface area (Å²) in [6, 6.07) is 8.48. The van der Waals surface area contributed by atoms with Gasteiger partial charge in [0.15, 0.2) is 5.13 Å². The quantitative estimate of drug-likeness (QED) is 0.807. The Bertz CT molecular complexity index is 723. The van der Waals surface area contributed by atoms with Crippen LogP contribution in [0.5, 0.6) is 0 Å². The number of likely N-dealkylation sites (tertiary alicyclic amines) is 1. The van der Waals surface area contributed by atoms with E-state index in [1.54, 1.807) is 11.3 Å². The van der Waals surface area contributed by atoms with Crippen LogP contribution in [0.25, 0.3) is 0 Å². The van der Waals surface area contributed by atoms with Gasteiger partial charge in [0.25, 0.3) is 0 Å². The molecule has 5 nitrogen and oxygen atoms in total. The van der Waals surface area contributed by atoms with Crippen LogP contribution >= 0.6 is 11.3 Å². The maximum atomic E-state index is 12.3. The molecule has 0 bridgehead atoms. The molecule has 2 aromatic rings. The Kier molecular flexibility index (Phi) is 6.77. The number of aromatic nitrogens is 1. The molecule has 1 amide bonds. The number of carbonyl (C=O) groups excluding carboxylic acids is 1. The molecule has 0 spiro atoms. The van der Waals surface area contributed by atoms with Crippen LogP contribution in [0.4, 0.5) is 5.13 Å². The van der Waals surface area contributed by atoms with Crippen LogP contribution in [0.2, 0.25) is 0 Å². The largest absolute Gasteiger partial charge is 0.378 e. The molecule has 140 valence electrons. The lowest BCUT2D eigenvalue weighted by molar-refractivity contribution is -0.118. The molecule has 0 saturated carbocycles. The highest BCUT2D eigenvalue weighted by atomic mass is 32.1. The van der Waals surface area contributed by atoms with E-state index in [0.29, 0.717) is 17.8 Å². The molecule has 0 atom stereocenters. The summed E-state index contributed by atoms with van der Waals surface area (Å²) in [4.78, 5) is 20.0. The molecular formula is C20H27N3O2S. The molecule has 2 heterocycles. The van der Waals surface area contributed by atoms with E-state index in [1.807, 2.05) is 13.1 Å². The van der Waals surface area contributed by atoms with Crippen molar-refractivity contribution in [1.29, 1.82) is 0 Å². The molecule has 1 aliphatic heterocycles. The minimum absolute atomic E-state index is 0.0105. The van der Waals surface area contributed by atoms with Crippen LogP contribution in [0.3, 0.4) is 0 Å². The first-order valence-corrected chi connectivity index (χ1v) is 10.1. The molecule has 1 fully saturated rings. The van der Waals surface area contributed by atoms with Crippen molar-refractivity contribution in [2.24, 2.45) is 0 Å². The average Bonchev–Trinajstić information content (AvgIpc) is 3.03. The monoisotopic (exact) mass is 373 g/mol. The van der Waals surface area contributed by atoms with E-state index in [-0.39, 0.29) is 5.91 Å². The van der Waals surface area contributed by atoms with Gasteiger partial charge in [0.2, 0.25) is 5.91 Å². The summed E-state index contributed by atoms with van der Waals surface area (Å²) in [5, 5.41) is 3.62. The first-order valence-electron chi connectivity index (χ1n) is 9.26. The predicted octanol–water partition coefficient (Wildman–Crippen LogP) is 3.48. The van der Waals surface area contributed by atoms with Crippen molar-refractivity contribution in [2.75, 3.05) is 31.6 Å². The fraction of sp³-hybridized carbons (Fsp3) is 0.500. The highest BCUT2D eigenvalue weighted by Gasteiger charge is 2.21. The van der Waals surface area contributed by atoms with E-state index in [4.69, 9.17) is 4.74 Å². The number of carbonyl (C=O) groups is 1. The lowest BCUT2D eigenvalue weighted by Crippen LogP contribution is -2.41. The third kappa shape index (κ3) is 5.62. The van der Waals surface area contributed by atoms with Crippen molar-refractivity contribution < 1.29 is 9.53 Å². The summed E-state index contributed by atoms with van der Waals surface area (Å²) in [7, 11) is 0. The first kappa shape index (κ1) is 19.0. The number of piperidine rings is 1. The van der Waals surface area contributed by atoms with Crippen LogP contribution in [-0.2, 0) is 16.0 Å². The minimum atomic E-state index is 0.0105. The van der Waals surface area contributed by atoms with Crippen molar-refractivity contribution >= 4 is 22.4 Å². The normalized spacial score (nSPS) is 15.9. The number of hydrogen-bond acceptors (Lipinski definition) is 5. The maximum absolute atomic E-state index is 12.3. The van der Waals surface area contributed by atoms with Gasteiger partial charge in [-0.05, 0) is 32.3 Å². The molecule has 6 heteroatoms. The SMILES string of the molecule is CCOC1CCN(CC(=O)Nc2ncc(Cc3cccc(C)c3)s2)CC1. The topological polar surface area (TPSA) is 54.5 Å². The molecular weight excluding hydrogens is 346 g/mol. The molecule has 0 radical (unpaired) electrons. The predicted molar refractivity (Wildman–Crippen MR) is 106 cm³/mol. The molecule has 1 aliphatic rings. The zero-order valence-corrected chi connectivity index (χ0v) is 16.3. The second kappa shape index (κ2) is 9.26. The Hall–Kier alpha value is -1.76. The van der Waals surface area contributed by atoms with Gasteiger partial charge in [0, 0.05) is 37.2 Å². The standard InChI is InChI=1S/C20H27N3O2S/c1-3-25-17-7-9-23(10-8-17)14-19(24)22-20-21-13-18(26-20)12-16-6-4-5-15(2)11-16/h4-6,11,13,17H,3,7-10,12,14H2,1-2H3,(H,21,22,24). The van der Waals surface area contributed by atoms with Gasteiger partial charge in [-0.2, -0.15) is 0 Å². The van der Waals surface area contributed by atoms with Gasteiger partial charge in [0.1, 0.15) is 0 Å². The molecule has 1 aromatic carbocycles. The Morgan fingerprint density at radius 3 is 2.92 bits per heavy atom. The summed E-state index contributed by atoms with van der Waals surface area (Å²) in [5.74, 6) is 0.0105. The number of aryl methyl sites for hydroxylation is 1. The fourth-order valence-electron chi connectivity index (χ4n) is 3.30. The smallest absolute Gasteiger partial charge is 0.240 e. The number of thiazole rings is 1. The van der Waals surface area contributed by atoms with Gasteiger partial charge in [-0.1, -0.05) is 29.8 Å². The second-order valence-corrected chi connectivity index (χ2v) is 7.89. The number of benzene rings is 1. The Morgan fingerprint density at radius 1 is 1.38 bits per heavy atom. The van der Waals surface area contributed by atoms with Gasteiger partial charge >= 0.3 is 0 Å². The zero-order valence-electron chi connectivity index (χ0n) is 15.5. The number of nitrogens with one attached hydrogen (secondary N) is 1. The summed E-state index contributed by atoms with van der Waals surface area (Å²) in [5.41, 5.74) is 2.53. The lowest BCUT2D eigenvalue weighted by atomic mass is 10.1. The van der Waals surface area contributed by atoms with Gasteiger partial charge in [-0.15, -0.1) is 11.3 Å². The van der Waals surface area contributed by atoms with Crippen LogP contribution in [0.15, 0.2) is 30.5 Å². The molecule has 1 saturated heterocycles. The van der Waals surface area contributed by atoms with Gasteiger partial charge in [-0.25, -0.2) is 4.98 Å². The van der Waals surface area contributed by atoms with Crippen LogP contribution < -0.4 is 5.32 Å². The van der Waals surface area contributed by atoms with Crippen LogP contribution in [0, 0.1) is 6.92 Å². The molecule has 3 rings (SSSR count). The Labute approximate surface area is 159 Å². The molecule has 1 aromatic heterocycles. The third-order valence-corrected chi connectivity index (χ3v) is 5.48. The minimum Gasteiger partial charge on any atom is -0.378 e. The fourth-order valence-corrected chi connectivity index (χ4v) is 4.16.